The van der Waals surface area contributed by atoms with Gasteiger partial charge < -0.3 is 29.2 Å². The molecule has 7 nitrogen and oxygen atoms in total. The van der Waals surface area contributed by atoms with Crippen molar-refractivity contribution >= 4 is 17.5 Å². The molecular formula is C29H36ClF3N2O5. The van der Waals surface area contributed by atoms with Crippen LogP contribution in [0.2, 0.25) is 5.02 Å². The van der Waals surface area contributed by atoms with E-state index in [1.807, 2.05) is 31.1 Å². The van der Waals surface area contributed by atoms with Gasteiger partial charge in [0.2, 0.25) is 0 Å². The van der Waals surface area contributed by atoms with Crippen LogP contribution in [0.4, 0.5) is 13.2 Å². The Bertz CT molecular complexity index is 1180. The Labute approximate surface area is 237 Å². The van der Waals surface area contributed by atoms with Crippen molar-refractivity contribution in [2.45, 2.75) is 75.8 Å². The number of carbonyl (C=O) groups excluding carboxylic acids is 1. The van der Waals surface area contributed by atoms with Gasteiger partial charge in [0.1, 0.15) is 6.10 Å². The largest absolute Gasteiger partial charge is 0.416 e. The fraction of sp³-hybridized carbons (Fsp3) is 0.552. The second-order valence-corrected chi connectivity index (χ2v) is 11.5. The number of likely N-dealkylation sites (N-methyl/N-ethyl adjacent to an activating group) is 1. The summed E-state index contributed by atoms with van der Waals surface area (Å²) in [6.07, 6.45) is -5.80. The number of halogens is 4. The van der Waals surface area contributed by atoms with Gasteiger partial charge >= 0.3 is 6.18 Å². The maximum atomic E-state index is 13.8. The molecule has 1 aliphatic carbocycles. The first kappa shape index (κ1) is 30.7. The fourth-order valence-electron chi connectivity index (χ4n) is 5.15. The average molecular weight is 585 g/mol. The lowest BCUT2D eigenvalue weighted by atomic mass is 9.78. The lowest BCUT2D eigenvalue weighted by Gasteiger charge is -2.43. The summed E-state index contributed by atoms with van der Waals surface area (Å²) in [4.78, 5) is 15.7. The summed E-state index contributed by atoms with van der Waals surface area (Å²) in [5, 5.41) is 3.52. The van der Waals surface area contributed by atoms with E-state index in [1.54, 1.807) is 32.0 Å². The molecule has 0 bridgehead atoms. The van der Waals surface area contributed by atoms with E-state index in [1.165, 1.54) is 6.07 Å². The molecule has 0 aromatic heterocycles. The molecule has 11 heteroatoms. The van der Waals surface area contributed by atoms with E-state index in [9.17, 15) is 18.0 Å². The van der Waals surface area contributed by atoms with Gasteiger partial charge in [-0.3, -0.25) is 4.79 Å². The topological polar surface area (TPSA) is 69.3 Å². The van der Waals surface area contributed by atoms with Crippen molar-refractivity contribution in [1.29, 1.82) is 0 Å². The molecule has 0 spiro atoms. The van der Waals surface area contributed by atoms with Crippen LogP contribution in [0, 0.1) is 0 Å². The first-order valence-electron chi connectivity index (χ1n) is 13.2. The van der Waals surface area contributed by atoms with Gasteiger partial charge in [-0.2, -0.15) is 13.2 Å². The van der Waals surface area contributed by atoms with Gasteiger partial charge in [0.15, 0.2) is 11.4 Å². The predicted molar refractivity (Wildman–Crippen MR) is 144 cm³/mol. The van der Waals surface area contributed by atoms with Gasteiger partial charge in [0.25, 0.3) is 5.91 Å². The number of hydrogen-bond donors (Lipinski definition) is 1. The number of nitrogens with zero attached hydrogens (tertiary/aromatic N) is 1. The molecule has 2 aromatic carbocycles. The minimum Gasteiger partial charge on any atom is -0.371 e. The molecule has 2 aliphatic rings. The maximum absolute atomic E-state index is 13.8. The van der Waals surface area contributed by atoms with Crippen molar-refractivity contribution < 1.29 is 36.9 Å². The number of ether oxygens (including phenoxy) is 4. The molecule has 1 amide bonds. The molecule has 4 atom stereocenters. The lowest BCUT2D eigenvalue weighted by molar-refractivity contribution is -0.183. The lowest BCUT2D eigenvalue weighted by Crippen LogP contribution is -2.60. The SMILES string of the molecule is CN(C)CCNC(=O)[C@@]1(OCc2cccc(C(F)(F)F)c2)CC(OCc2cccc(Cl)c2)[C@@H]2OC(C)(C)O[C@@H]2C1. The quantitative estimate of drug-likeness (QED) is 0.414. The summed E-state index contributed by atoms with van der Waals surface area (Å²) in [6, 6.07) is 12.2. The molecule has 1 saturated heterocycles. The minimum atomic E-state index is -4.49. The first-order chi connectivity index (χ1) is 18.8. The Kier molecular flexibility index (Phi) is 9.49. The van der Waals surface area contributed by atoms with Gasteiger partial charge in [-0.25, -0.2) is 0 Å². The zero-order valence-electron chi connectivity index (χ0n) is 23.1. The van der Waals surface area contributed by atoms with Crippen LogP contribution < -0.4 is 5.32 Å². The minimum absolute atomic E-state index is 0.126. The van der Waals surface area contributed by atoms with Crippen LogP contribution in [0.15, 0.2) is 48.5 Å². The number of alkyl halides is 3. The van der Waals surface area contributed by atoms with Crippen LogP contribution in [-0.2, 0) is 43.1 Å². The zero-order chi connectivity index (χ0) is 29.1. The number of hydrogen-bond acceptors (Lipinski definition) is 6. The number of nitrogens with one attached hydrogen (secondary N) is 1. The van der Waals surface area contributed by atoms with Crippen molar-refractivity contribution in [2.24, 2.45) is 0 Å². The van der Waals surface area contributed by atoms with Gasteiger partial charge in [-0.15, -0.1) is 0 Å². The standard InChI is InChI=1S/C29H36ClF3N2O5/c1-27(2)39-24-16-28(26(36)34-11-12-35(3)4,38-18-19-7-5-9-21(13-19)29(31,32)33)15-23(25(24)40-27)37-17-20-8-6-10-22(30)14-20/h5-10,13-14,23-25H,11-12,15-18H2,1-4H3,(H,34,36)/t23?,24-,25+,28-/m1/s1. The van der Waals surface area contributed by atoms with Crippen LogP contribution in [0.1, 0.15) is 43.4 Å². The Hall–Kier alpha value is -2.21. The molecule has 220 valence electrons. The summed E-state index contributed by atoms with van der Waals surface area (Å²) >= 11 is 6.14. The van der Waals surface area contributed by atoms with Crippen LogP contribution in [0.25, 0.3) is 0 Å². The van der Waals surface area contributed by atoms with Crippen LogP contribution in [0.3, 0.4) is 0 Å². The van der Waals surface area contributed by atoms with Crippen LogP contribution in [-0.4, -0.2) is 67.7 Å². The van der Waals surface area contributed by atoms with Crippen LogP contribution >= 0.6 is 11.6 Å². The fourth-order valence-corrected chi connectivity index (χ4v) is 5.36. The summed E-state index contributed by atoms with van der Waals surface area (Å²) in [6.45, 7) is 4.57. The highest BCUT2D eigenvalue weighted by Crippen LogP contribution is 2.44. The van der Waals surface area contributed by atoms with Crippen molar-refractivity contribution in [1.82, 2.24) is 10.2 Å². The van der Waals surface area contributed by atoms with Crippen molar-refractivity contribution in [3.05, 3.63) is 70.2 Å². The molecule has 0 radical (unpaired) electrons. The van der Waals surface area contributed by atoms with E-state index < -0.39 is 41.4 Å². The molecule has 1 unspecified atom stereocenters. The smallest absolute Gasteiger partial charge is 0.371 e. The number of fused-ring (bicyclic) bond motifs is 1. The van der Waals surface area contributed by atoms with E-state index in [-0.39, 0.29) is 32.0 Å². The van der Waals surface area contributed by atoms with Crippen molar-refractivity contribution in [2.75, 3.05) is 27.2 Å². The Morgan fingerprint density at radius 1 is 1.07 bits per heavy atom. The van der Waals surface area contributed by atoms with E-state index in [0.717, 1.165) is 17.7 Å². The monoisotopic (exact) mass is 584 g/mol. The second-order valence-electron chi connectivity index (χ2n) is 11.1. The second kappa shape index (κ2) is 12.3. The number of rotatable bonds is 10. The molecule has 2 fully saturated rings. The third-order valence-electron chi connectivity index (χ3n) is 7.03. The third kappa shape index (κ3) is 7.74. The van der Waals surface area contributed by atoms with Gasteiger partial charge in [-0.05, 0) is 63.3 Å². The van der Waals surface area contributed by atoms with Crippen molar-refractivity contribution in [3.63, 3.8) is 0 Å². The Morgan fingerprint density at radius 3 is 2.45 bits per heavy atom. The molecule has 1 heterocycles. The van der Waals surface area contributed by atoms with E-state index in [2.05, 4.69) is 5.32 Å². The maximum Gasteiger partial charge on any atom is 0.416 e. The average Bonchev–Trinajstić information content (AvgIpc) is 3.19. The Balaban J connectivity index is 1.61. The zero-order valence-corrected chi connectivity index (χ0v) is 23.8. The summed E-state index contributed by atoms with van der Waals surface area (Å²) in [5.74, 6) is -1.28. The highest BCUT2D eigenvalue weighted by atomic mass is 35.5. The molecule has 1 N–H and O–H groups in total. The molecule has 40 heavy (non-hydrogen) atoms. The Morgan fingerprint density at radius 2 is 1.77 bits per heavy atom. The first-order valence-corrected chi connectivity index (χ1v) is 13.6. The molecule has 1 aliphatic heterocycles. The number of amides is 1. The van der Waals surface area contributed by atoms with Crippen molar-refractivity contribution in [3.8, 4) is 0 Å². The van der Waals surface area contributed by atoms with E-state index >= 15 is 0 Å². The molecule has 4 rings (SSSR count). The molecule has 2 aromatic rings. The van der Waals surface area contributed by atoms with Gasteiger partial charge in [0, 0.05) is 31.0 Å². The third-order valence-corrected chi connectivity index (χ3v) is 7.27. The predicted octanol–water partition coefficient (Wildman–Crippen LogP) is 5.19. The highest BCUT2D eigenvalue weighted by molar-refractivity contribution is 6.30. The normalized spacial score (nSPS) is 26.1. The van der Waals surface area contributed by atoms with Gasteiger partial charge in [-0.1, -0.05) is 35.9 Å². The summed E-state index contributed by atoms with van der Waals surface area (Å²) in [7, 11) is 3.78. The highest BCUT2D eigenvalue weighted by Gasteiger charge is 2.58. The van der Waals surface area contributed by atoms with E-state index in [0.29, 0.717) is 23.7 Å². The summed E-state index contributed by atoms with van der Waals surface area (Å²) in [5.41, 5.74) is -1.06. The molecule has 1 saturated carbocycles. The number of carbonyl (C=O) groups is 1. The van der Waals surface area contributed by atoms with Crippen LogP contribution in [0.5, 0.6) is 0 Å². The van der Waals surface area contributed by atoms with Gasteiger partial charge in [0.05, 0.1) is 31.0 Å². The summed E-state index contributed by atoms with van der Waals surface area (Å²) < 4.78 is 65.0. The van der Waals surface area contributed by atoms with E-state index in [4.69, 9.17) is 30.5 Å². The molecular weight excluding hydrogens is 549 g/mol. The number of benzene rings is 2.